The molecule has 0 bridgehead atoms. The topological polar surface area (TPSA) is 85.9 Å². The summed E-state index contributed by atoms with van der Waals surface area (Å²) in [6.07, 6.45) is 0. The number of rotatable bonds is 6. The zero-order valence-electron chi connectivity index (χ0n) is 14.6. The summed E-state index contributed by atoms with van der Waals surface area (Å²) in [5, 5.41) is 5.63. The molecule has 136 valence electrons. The molecule has 1 aliphatic heterocycles. The normalized spacial score (nSPS) is 16.8. The van der Waals surface area contributed by atoms with Gasteiger partial charge in [0.2, 0.25) is 0 Å². The number of urea groups is 1. The van der Waals surface area contributed by atoms with Crippen LogP contribution in [0.4, 0.5) is 4.79 Å². The molecule has 1 aromatic rings. The Hall–Kier alpha value is -2.41. The van der Waals surface area contributed by atoms with Crippen LogP contribution in [0.3, 0.4) is 0 Å². The largest absolute Gasteiger partial charge is 0.493 e. The highest BCUT2D eigenvalue weighted by Crippen LogP contribution is 2.40. The first kappa shape index (κ1) is 18.9. The molecule has 0 radical (unpaired) electrons. The number of halogens is 1. The van der Waals surface area contributed by atoms with Crippen LogP contribution in [0.15, 0.2) is 23.4 Å². The lowest BCUT2D eigenvalue weighted by molar-refractivity contribution is -0.139. The maximum atomic E-state index is 12.3. The number of methoxy groups -OCH3 is 1. The van der Waals surface area contributed by atoms with Gasteiger partial charge in [-0.05, 0) is 38.5 Å². The molecule has 0 saturated heterocycles. The van der Waals surface area contributed by atoms with E-state index in [0.29, 0.717) is 40.0 Å². The van der Waals surface area contributed by atoms with Crippen molar-refractivity contribution in [2.45, 2.75) is 26.8 Å². The zero-order chi connectivity index (χ0) is 18.6. The molecule has 0 spiro atoms. The molecule has 8 heteroatoms. The SMILES string of the molecule is CCOC(=O)C1=C(C)NC(=O)NC1c1cc(Cl)c(OCC)c(OC)c1. The summed E-state index contributed by atoms with van der Waals surface area (Å²) in [6, 6.07) is 2.19. The van der Waals surface area contributed by atoms with Crippen molar-refractivity contribution in [1.82, 2.24) is 10.6 Å². The zero-order valence-corrected chi connectivity index (χ0v) is 15.3. The molecule has 1 aliphatic rings. The number of benzene rings is 1. The standard InChI is InChI=1S/C17H21ClN2O5/c1-5-24-15-11(18)7-10(8-12(15)23-4)14-13(16(21)25-6-2)9(3)19-17(22)20-14/h7-8,14H,5-6H2,1-4H3,(H2,19,20,22). The van der Waals surface area contributed by atoms with Crippen molar-refractivity contribution in [3.8, 4) is 11.5 Å². The van der Waals surface area contributed by atoms with Gasteiger partial charge < -0.3 is 24.8 Å². The van der Waals surface area contributed by atoms with Gasteiger partial charge in [0.1, 0.15) is 0 Å². The molecule has 0 saturated carbocycles. The number of carbonyl (C=O) groups excluding carboxylic acids is 2. The summed E-state index contributed by atoms with van der Waals surface area (Å²) in [5.41, 5.74) is 1.32. The molecule has 25 heavy (non-hydrogen) atoms. The number of hydrogen-bond donors (Lipinski definition) is 2. The number of amides is 2. The first-order valence-corrected chi connectivity index (χ1v) is 8.26. The Labute approximate surface area is 151 Å². The van der Waals surface area contributed by atoms with Crippen molar-refractivity contribution < 1.29 is 23.8 Å². The minimum absolute atomic E-state index is 0.226. The maximum Gasteiger partial charge on any atom is 0.338 e. The van der Waals surface area contributed by atoms with Gasteiger partial charge in [-0.1, -0.05) is 11.6 Å². The van der Waals surface area contributed by atoms with Crippen molar-refractivity contribution in [3.05, 3.63) is 34.0 Å². The molecule has 2 amide bonds. The number of carbonyl (C=O) groups is 2. The van der Waals surface area contributed by atoms with Crippen LogP contribution in [-0.2, 0) is 9.53 Å². The number of hydrogen-bond acceptors (Lipinski definition) is 5. The second kappa shape index (κ2) is 8.11. The van der Waals surface area contributed by atoms with Crippen LogP contribution in [0.1, 0.15) is 32.4 Å². The van der Waals surface area contributed by atoms with Crippen molar-refractivity contribution in [3.63, 3.8) is 0 Å². The van der Waals surface area contributed by atoms with Crippen LogP contribution in [0.2, 0.25) is 5.02 Å². The molecule has 2 N–H and O–H groups in total. The predicted octanol–water partition coefficient (Wildman–Crippen LogP) is 2.94. The summed E-state index contributed by atoms with van der Waals surface area (Å²) in [7, 11) is 1.49. The minimum atomic E-state index is -0.713. The summed E-state index contributed by atoms with van der Waals surface area (Å²) < 4.78 is 15.9. The molecule has 2 rings (SSSR count). The van der Waals surface area contributed by atoms with Crippen LogP contribution >= 0.6 is 11.6 Å². The molecule has 0 fully saturated rings. The van der Waals surface area contributed by atoms with Crippen LogP contribution in [0.5, 0.6) is 11.5 Å². The fourth-order valence-corrected chi connectivity index (χ4v) is 2.89. The van der Waals surface area contributed by atoms with Crippen molar-refractivity contribution >= 4 is 23.6 Å². The quantitative estimate of drug-likeness (QED) is 0.754. The Bertz CT molecular complexity index is 717. The van der Waals surface area contributed by atoms with Gasteiger partial charge >= 0.3 is 12.0 Å². The van der Waals surface area contributed by atoms with Crippen molar-refractivity contribution in [2.24, 2.45) is 0 Å². The van der Waals surface area contributed by atoms with Crippen LogP contribution in [-0.4, -0.2) is 32.3 Å². The van der Waals surface area contributed by atoms with Gasteiger partial charge in [-0.2, -0.15) is 0 Å². The van der Waals surface area contributed by atoms with Crippen molar-refractivity contribution in [2.75, 3.05) is 20.3 Å². The summed E-state index contributed by atoms with van der Waals surface area (Å²) in [4.78, 5) is 24.2. The van der Waals surface area contributed by atoms with Gasteiger partial charge in [0.25, 0.3) is 0 Å². The third kappa shape index (κ3) is 3.99. The highest BCUT2D eigenvalue weighted by Gasteiger charge is 2.33. The lowest BCUT2D eigenvalue weighted by Gasteiger charge is -2.28. The lowest BCUT2D eigenvalue weighted by Crippen LogP contribution is -2.45. The fourth-order valence-electron chi connectivity index (χ4n) is 2.61. The third-order valence-electron chi connectivity index (χ3n) is 3.64. The van der Waals surface area contributed by atoms with Crippen LogP contribution < -0.4 is 20.1 Å². The molecule has 1 aromatic carbocycles. The van der Waals surface area contributed by atoms with E-state index in [0.717, 1.165) is 0 Å². The van der Waals surface area contributed by atoms with E-state index >= 15 is 0 Å². The number of ether oxygens (including phenoxy) is 3. The van der Waals surface area contributed by atoms with E-state index < -0.39 is 18.0 Å². The smallest absolute Gasteiger partial charge is 0.338 e. The Morgan fingerprint density at radius 1 is 1.28 bits per heavy atom. The lowest BCUT2D eigenvalue weighted by atomic mass is 9.95. The number of nitrogens with one attached hydrogen (secondary N) is 2. The first-order valence-electron chi connectivity index (χ1n) is 7.88. The average Bonchev–Trinajstić information content (AvgIpc) is 2.55. The monoisotopic (exact) mass is 368 g/mol. The maximum absolute atomic E-state index is 12.3. The summed E-state index contributed by atoms with van der Waals surface area (Å²) >= 11 is 6.31. The van der Waals surface area contributed by atoms with Gasteiger partial charge in [-0.25, -0.2) is 9.59 Å². The molecular formula is C17H21ClN2O5. The molecule has 1 atom stereocenters. The van der Waals surface area contributed by atoms with Gasteiger partial charge in [-0.3, -0.25) is 0 Å². The fraction of sp³-hybridized carbons (Fsp3) is 0.412. The second-order valence-corrected chi connectivity index (χ2v) is 5.66. The highest BCUT2D eigenvalue weighted by atomic mass is 35.5. The van der Waals surface area contributed by atoms with Gasteiger partial charge in [0, 0.05) is 5.70 Å². The number of esters is 1. The van der Waals surface area contributed by atoms with Gasteiger partial charge in [0.15, 0.2) is 11.5 Å². The van der Waals surface area contributed by atoms with E-state index in [-0.39, 0.29) is 6.61 Å². The van der Waals surface area contributed by atoms with Gasteiger partial charge in [0.05, 0.1) is 37.0 Å². The van der Waals surface area contributed by atoms with E-state index in [1.54, 1.807) is 26.0 Å². The molecule has 1 heterocycles. The predicted molar refractivity (Wildman–Crippen MR) is 92.9 cm³/mol. The van der Waals surface area contributed by atoms with Crippen molar-refractivity contribution in [1.29, 1.82) is 0 Å². The molecule has 1 unspecified atom stereocenters. The van der Waals surface area contributed by atoms with Gasteiger partial charge in [-0.15, -0.1) is 0 Å². The Kier molecular flexibility index (Phi) is 6.14. The third-order valence-corrected chi connectivity index (χ3v) is 3.92. The van der Waals surface area contributed by atoms with E-state index in [4.69, 9.17) is 25.8 Å². The molecule has 0 aromatic heterocycles. The summed E-state index contributed by atoms with van der Waals surface area (Å²) in [6.45, 7) is 5.84. The van der Waals surface area contributed by atoms with E-state index in [1.165, 1.54) is 7.11 Å². The van der Waals surface area contributed by atoms with E-state index in [2.05, 4.69) is 10.6 Å². The first-order chi connectivity index (χ1) is 11.9. The Morgan fingerprint density at radius 3 is 2.60 bits per heavy atom. The second-order valence-electron chi connectivity index (χ2n) is 5.26. The number of allylic oxidation sites excluding steroid dienone is 1. The average molecular weight is 369 g/mol. The Morgan fingerprint density at radius 2 is 2.00 bits per heavy atom. The highest BCUT2D eigenvalue weighted by molar-refractivity contribution is 6.32. The Balaban J connectivity index is 2.53. The van der Waals surface area contributed by atoms with Crippen LogP contribution in [0.25, 0.3) is 0 Å². The van der Waals surface area contributed by atoms with E-state index in [9.17, 15) is 9.59 Å². The van der Waals surface area contributed by atoms with E-state index in [1.807, 2.05) is 6.92 Å². The van der Waals surface area contributed by atoms with Crippen LogP contribution in [0, 0.1) is 0 Å². The molecule has 0 aliphatic carbocycles. The molecular weight excluding hydrogens is 348 g/mol. The summed E-state index contributed by atoms with van der Waals surface area (Å²) in [5.74, 6) is 0.313. The molecule has 7 nitrogen and oxygen atoms in total. The minimum Gasteiger partial charge on any atom is -0.493 e.